The van der Waals surface area contributed by atoms with Gasteiger partial charge in [-0.15, -0.1) is 0 Å². The number of nitrogens with zero attached hydrogens (tertiary/aromatic N) is 1. The fraction of sp³-hybridized carbons (Fsp3) is 0.108. The molecule has 0 bridgehead atoms. The Hall–Kier alpha value is -7.74. The number of benzene rings is 10. The highest BCUT2D eigenvalue weighted by Gasteiger charge is 2.48. The molecule has 0 heterocycles. The lowest BCUT2D eigenvalue weighted by molar-refractivity contribution is 0.660. The van der Waals surface area contributed by atoms with Gasteiger partial charge in [0, 0.05) is 27.8 Å². The third-order valence-corrected chi connectivity index (χ3v) is 15.6. The van der Waals surface area contributed by atoms with Crippen LogP contribution in [0, 0.1) is 0 Å². The Labute approximate surface area is 388 Å². The van der Waals surface area contributed by atoms with Crippen LogP contribution in [-0.4, -0.2) is 0 Å². The van der Waals surface area contributed by atoms with E-state index in [0.717, 1.165) is 11.4 Å². The third-order valence-electron chi connectivity index (χ3n) is 15.6. The second-order valence-electron chi connectivity index (χ2n) is 19.6. The van der Waals surface area contributed by atoms with E-state index in [1.165, 1.54) is 105 Å². The topological polar surface area (TPSA) is 3.24 Å². The summed E-state index contributed by atoms with van der Waals surface area (Å²) < 4.78 is 0. The Bertz CT molecular complexity index is 3480. The molecule has 1 unspecified atom stereocenters. The van der Waals surface area contributed by atoms with Crippen molar-refractivity contribution in [3.63, 3.8) is 0 Å². The molecule has 3 aliphatic rings. The van der Waals surface area contributed by atoms with E-state index >= 15 is 0 Å². The molecule has 1 atom stereocenters. The standard InChI is InChI=1S/C65H49N/c1-63(2)55-27-13-10-23-50(55)52-38-36-46(40-59(52)63)66(47-37-39-53-51-24-11-14-28-56(51)64(3,4)60(53)41-47)61-31-17-30-58-62(61)54-25-12-15-29-57(54)65(58,44-20-6-5-7-21-44)45-34-32-43(33-35-45)49-26-16-19-42-18-8-9-22-48(42)49/h5-41H,1-4H3. The molecule has 0 saturated carbocycles. The first-order chi connectivity index (χ1) is 32.3. The van der Waals surface area contributed by atoms with E-state index in [2.05, 4.69) is 257 Å². The van der Waals surface area contributed by atoms with Crippen LogP contribution < -0.4 is 4.90 Å². The van der Waals surface area contributed by atoms with Crippen molar-refractivity contribution in [1.29, 1.82) is 0 Å². The Morgan fingerprint density at radius 3 is 1.44 bits per heavy atom. The molecule has 0 radical (unpaired) electrons. The number of fused-ring (bicyclic) bond motifs is 10. The number of anilines is 3. The van der Waals surface area contributed by atoms with Gasteiger partial charge in [0.2, 0.25) is 0 Å². The molecule has 0 aliphatic heterocycles. The average molecular weight is 844 g/mol. The van der Waals surface area contributed by atoms with E-state index in [4.69, 9.17) is 0 Å². The molecule has 0 fully saturated rings. The SMILES string of the molecule is CC1(C)c2ccccc2-c2ccc(N(c3ccc4c(c3)C(C)(C)c3ccccc3-4)c3cccc4c3-c3ccccc3C4(c3ccccc3)c3ccc(-c4cccc5ccccc45)cc3)cc21. The van der Waals surface area contributed by atoms with E-state index in [1.54, 1.807) is 0 Å². The van der Waals surface area contributed by atoms with Crippen molar-refractivity contribution in [2.24, 2.45) is 0 Å². The molecule has 0 N–H and O–H groups in total. The monoisotopic (exact) mass is 843 g/mol. The molecule has 1 heteroatoms. The lowest BCUT2D eigenvalue weighted by Gasteiger charge is -2.35. The molecule has 3 aliphatic carbocycles. The second-order valence-corrected chi connectivity index (χ2v) is 19.6. The Balaban J connectivity index is 1.06. The van der Waals surface area contributed by atoms with Crippen molar-refractivity contribution in [2.45, 2.75) is 43.9 Å². The van der Waals surface area contributed by atoms with Gasteiger partial charge in [-0.3, -0.25) is 0 Å². The smallest absolute Gasteiger partial charge is 0.0714 e. The van der Waals surface area contributed by atoms with Gasteiger partial charge in [0.25, 0.3) is 0 Å². The van der Waals surface area contributed by atoms with Crippen molar-refractivity contribution in [2.75, 3.05) is 4.90 Å². The van der Waals surface area contributed by atoms with E-state index < -0.39 is 5.41 Å². The van der Waals surface area contributed by atoms with E-state index in [-0.39, 0.29) is 10.8 Å². The predicted octanol–water partition coefficient (Wildman–Crippen LogP) is 17.0. The lowest BCUT2D eigenvalue weighted by Crippen LogP contribution is -2.28. The van der Waals surface area contributed by atoms with Gasteiger partial charge in [0.1, 0.15) is 0 Å². The Kier molecular flexibility index (Phi) is 8.28. The quantitative estimate of drug-likeness (QED) is 0.161. The molecule has 10 aromatic carbocycles. The Morgan fingerprint density at radius 2 is 0.788 bits per heavy atom. The zero-order valence-corrected chi connectivity index (χ0v) is 37.8. The fourth-order valence-corrected chi connectivity index (χ4v) is 12.4. The lowest BCUT2D eigenvalue weighted by atomic mass is 9.67. The van der Waals surface area contributed by atoms with Gasteiger partial charge in [0.05, 0.1) is 11.1 Å². The minimum atomic E-state index is -0.574. The molecule has 0 saturated heterocycles. The largest absolute Gasteiger partial charge is 0.310 e. The predicted molar refractivity (Wildman–Crippen MR) is 276 cm³/mol. The van der Waals surface area contributed by atoms with Gasteiger partial charge < -0.3 is 4.90 Å². The van der Waals surface area contributed by atoms with Crippen molar-refractivity contribution < 1.29 is 0 Å². The Morgan fingerprint density at radius 1 is 0.318 bits per heavy atom. The highest BCUT2D eigenvalue weighted by Crippen LogP contribution is 2.61. The van der Waals surface area contributed by atoms with Crippen LogP contribution in [0.4, 0.5) is 17.1 Å². The third kappa shape index (κ3) is 5.29. The van der Waals surface area contributed by atoms with E-state index in [9.17, 15) is 0 Å². The summed E-state index contributed by atoms with van der Waals surface area (Å²) in [7, 11) is 0. The summed E-state index contributed by atoms with van der Waals surface area (Å²) in [5.74, 6) is 0. The van der Waals surface area contributed by atoms with Crippen LogP contribution in [0.2, 0.25) is 0 Å². The molecule has 13 rings (SSSR count). The van der Waals surface area contributed by atoms with Crippen LogP contribution in [0.1, 0.15) is 72.2 Å². The van der Waals surface area contributed by atoms with Crippen LogP contribution in [-0.2, 0) is 16.2 Å². The number of hydrogen-bond donors (Lipinski definition) is 0. The van der Waals surface area contributed by atoms with Crippen molar-refractivity contribution in [1.82, 2.24) is 0 Å². The first-order valence-electron chi connectivity index (χ1n) is 23.4. The second kappa shape index (κ2) is 14.1. The summed E-state index contributed by atoms with van der Waals surface area (Å²) in [6.45, 7) is 9.54. The average Bonchev–Trinajstić information content (AvgIpc) is 3.89. The molecular formula is C65H49N. The van der Waals surface area contributed by atoms with Gasteiger partial charge in [-0.25, -0.2) is 0 Å². The van der Waals surface area contributed by atoms with Gasteiger partial charge in [0.15, 0.2) is 0 Å². The molecule has 10 aromatic rings. The molecular weight excluding hydrogens is 795 g/mol. The summed E-state index contributed by atoms with van der Waals surface area (Å²) in [6, 6.07) is 84.6. The zero-order chi connectivity index (χ0) is 44.4. The maximum atomic E-state index is 2.57. The van der Waals surface area contributed by atoms with Gasteiger partial charge in [-0.05, 0) is 125 Å². The maximum absolute atomic E-state index is 2.57. The minimum Gasteiger partial charge on any atom is -0.310 e. The molecule has 66 heavy (non-hydrogen) atoms. The van der Waals surface area contributed by atoms with Crippen molar-refractivity contribution in [3.8, 4) is 44.5 Å². The summed E-state index contributed by atoms with van der Waals surface area (Å²) in [6.07, 6.45) is 0. The first-order valence-corrected chi connectivity index (χ1v) is 23.4. The van der Waals surface area contributed by atoms with Gasteiger partial charge in [-0.1, -0.05) is 222 Å². The summed E-state index contributed by atoms with van der Waals surface area (Å²) in [5.41, 5.74) is 23.5. The van der Waals surface area contributed by atoms with Gasteiger partial charge >= 0.3 is 0 Å². The zero-order valence-electron chi connectivity index (χ0n) is 37.8. The highest BCUT2D eigenvalue weighted by molar-refractivity contribution is 6.00. The van der Waals surface area contributed by atoms with Crippen LogP contribution in [0.5, 0.6) is 0 Å². The summed E-state index contributed by atoms with van der Waals surface area (Å²) >= 11 is 0. The number of hydrogen-bond acceptors (Lipinski definition) is 1. The van der Waals surface area contributed by atoms with E-state index in [0.29, 0.717) is 0 Å². The summed E-state index contributed by atoms with van der Waals surface area (Å²) in [5, 5.41) is 2.52. The van der Waals surface area contributed by atoms with Crippen LogP contribution in [0.3, 0.4) is 0 Å². The fourth-order valence-electron chi connectivity index (χ4n) is 12.4. The van der Waals surface area contributed by atoms with Crippen LogP contribution in [0.15, 0.2) is 224 Å². The molecule has 0 amide bonds. The number of rotatable bonds is 6. The van der Waals surface area contributed by atoms with Gasteiger partial charge in [-0.2, -0.15) is 0 Å². The first kappa shape index (κ1) is 38.7. The molecule has 0 spiro atoms. The van der Waals surface area contributed by atoms with Crippen LogP contribution in [0.25, 0.3) is 55.3 Å². The van der Waals surface area contributed by atoms with Crippen molar-refractivity contribution >= 4 is 27.8 Å². The normalized spacial score (nSPS) is 16.5. The minimum absolute atomic E-state index is 0.152. The van der Waals surface area contributed by atoms with Crippen molar-refractivity contribution in [3.05, 3.63) is 269 Å². The molecule has 0 aromatic heterocycles. The van der Waals surface area contributed by atoms with E-state index in [1.807, 2.05) is 0 Å². The molecule has 1 nitrogen and oxygen atoms in total. The molecule has 314 valence electrons. The maximum Gasteiger partial charge on any atom is 0.0714 e. The highest BCUT2D eigenvalue weighted by atomic mass is 15.1. The summed E-state index contributed by atoms with van der Waals surface area (Å²) in [4.78, 5) is 2.57. The van der Waals surface area contributed by atoms with Crippen LogP contribution >= 0.6 is 0 Å².